The number of rotatable bonds is 6. The van der Waals surface area contributed by atoms with E-state index >= 15 is 0 Å². The van der Waals surface area contributed by atoms with E-state index < -0.39 is 27.5 Å². The van der Waals surface area contributed by atoms with E-state index in [2.05, 4.69) is 4.72 Å². The van der Waals surface area contributed by atoms with Crippen LogP contribution in [0.25, 0.3) is 0 Å². The molecule has 2 unspecified atom stereocenters. The minimum Gasteiger partial charge on any atom is -0.481 e. The monoisotopic (exact) mass is 265 g/mol. The Morgan fingerprint density at radius 3 is 2.47 bits per heavy atom. The van der Waals surface area contributed by atoms with E-state index in [-0.39, 0.29) is 24.6 Å². The number of hydrogen-bond acceptors (Lipinski definition) is 4. The third kappa shape index (κ3) is 3.65. The summed E-state index contributed by atoms with van der Waals surface area (Å²) in [5.41, 5.74) is -0.458. The summed E-state index contributed by atoms with van der Waals surface area (Å²) < 4.78 is 25.8. The van der Waals surface area contributed by atoms with Gasteiger partial charge in [0, 0.05) is 17.9 Å². The van der Waals surface area contributed by atoms with E-state index in [0.29, 0.717) is 6.42 Å². The molecule has 0 amide bonds. The molecule has 0 radical (unpaired) electrons. The molecule has 0 saturated heterocycles. The van der Waals surface area contributed by atoms with Crippen LogP contribution in [-0.4, -0.2) is 42.5 Å². The average Bonchev–Trinajstić information content (AvgIpc) is 2.16. The third-order valence-corrected chi connectivity index (χ3v) is 4.81. The minimum absolute atomic E-state index is 0.0976. The summed E-state index contributed by atoms with van der Waals surface area (Å²) in [5.74, 6) is -1.19. The smallest absolute Gasteiger partial charge is 0.303 e. The number of carboxylic acid groups (broad SMARTS) is 1. The topological polar surface area (TPSA) is 104 Å². The van der Waals surface area contributed by atoms with Crippen LogP contribution in [-0.2, 0) is 14.8 Å². The number of sulfonamides is 1. The summed E-state index contributed by atoms with van der Waals surface area (Å²) in [6, 6.07) is -0.271. The van der Waals surface area contributed by atoms with Gasteiger partial charge in [0.25, 0.3) is 0 Å². The van der Waals surface area contributed by atoms with Gasteiger partial charge in [-0.25, -0.2) is 13.1 Å². The zero-order valence-corrected chi connectivity index (χ0v) is 10.8. The highest BCUT2D eigenvalue weighted by Crippen LogP contribution is 2.40. The largest absolute Gasteiger partial charge is 0.481 e. The van der Waals surface area contributed by atoms with Crippen molar-refractivity contribution in [2.45, 2.75) is 45.3 Å². The van der Waals surface area contributed by atoms with Crippen LogP contribution in [0, 0.1) is 5.41 Å². The Labute approximate surface area is 101 Å². The zero-order valence-electron chi connectivity index (χ0n) is 10.0. The fourth-order valence-electron chi connectivity index (χ4n) is 1.79. The molecule has 0 aromatic heterocycles. The lowest BCUT2D eigenvalue weighted by atomic mass is 9.65. The lowest BCUT2D eigenvalue weighted by Gasteiger charge is -2.49. The molecule has 0 bridgehead atoms. The molecular weight excluding hydrogens is 246 g/mol. The highest BCUT2D eigenvalue weighted by molar-refractivity contribution is 7.89. The molecule has 1 aliphatic carbocycles. The number of carbonyl (C=O) groups is 1. The Bertz CT molecular complexity index is 390. The second-order valence-electron chi connectivity index (χ2n) is 5.06. The van der Waals surface area contributed by atoms with E-state index in [0.717, 1.165) is 0 Å². The first kappa shape index (κ1) is 14.4. The Morgan fingerprint density at radius 1 is 1.47 bits per heavy atom. The van der Waals surface area contributed by atoms with E-state index in [4.69, 9.17) is 5.11 Å². The van der Waals surface area contributed by atoms with Crippen LogP contribution in [0.15, 0.2) is 0 Å². The first-order valence-electron chi connectivity index (χ1n) is 5.55. The van der Waals surface area contributed by atoms with Gasteiger partial charge in [-0.2, -0.15) is 0 Å². The third-order valence-electron chi connectivity index (χ3n) is 3.34. The molecule has 1 fully saturated rings. The molecule has 1 aliphatic rings. The number of aliphatic hydroxyl groups excluding tert-OH is 1. The molecule has 0 heterocycles. The van der Waals surface area contributed by atoms with Crippen LogP contribution in [0.2, 0.25) is 0 Å². The fourth-order valence-corrected chi connectivity index (χ4v) is 3.27. The number of aliphatic hydroxyl groups is 1. The summed E-state index contributed by atoms with van der Waals surface area (Å²) >= 11 is 0. The molecule has 0 aromatic rings. The predicted octanol–water partition coefficient (Wildman–Crippen LogP) is -0.0700. The SMILES string of the molecule is CC1(C)C(O)CC1NS(=O)(=O)CCCC(=O)O. The van der Waals surface area contributed by atoms with Crippen molar-refractivity contribution in [1.82, 2.24) is 4.72 Å². The van der Waals surface area contributed by atoms with Crippen molar-refractivity contribution >= 4 is 16.0 Å². The van der Waals surface area contributed by atoms with Crippen molar-refractivity contribution in [3.63, 3.8) is 0 Å². The molecule has 7 heteroatoms. The van der Waals surface area contributed by atoms with Gasteiger partial charge in [-0.05, 0) is 12.8 Å². The van der Waals surface area contributed by atoms with Gasteiger partial charge < -0.3 is 10.2 Å². The van der Waals surface area contributed by atoms with Crippen LogP contribution in [0.3, 0.4) is 0 Å². The maximum Gasteiger partial charge on any atom is 0.303 e. The maximum absolute atomic E-state index is 11.6. The summed E-state index contributed by atoms with van der Waals surface area (Å²) in [4.78, 5) is 10.3. The standard InChI is InChI=1S/C10H19NO5S/c1-10(2)7(6-8(10)12)11-17(15,16)5-3-4-9(13)14/h7-8,11-12H,3-6H2,1-2H3,(H,13,14). The molecule has 0 aliphatic heterocycles. The molecule has 6 nitrogen and oxygen atoms in total. The van der Waals surface area contributed by atoms with Gasteiger partial charge in [0.2, 0.25) is 10.0 Å². The number of nitrogens with one attached hydrogen (secondary N) is 1. The second kappa shape index (κ2) is 4.91. The molecule has 0 aromatic carbocycles. The predicted molar refractivity (Wildman–Crippen MR) is 62.0 cm³/mol. The van der Waals surface area contributed by atoms with Gasteiger partial charge in [0.1, 0.15) is 0 Å². The summed E-state index contributed by atoms with van der Waals surface area (Å²) in [6.07, 6.45) is -0.141. The summed E-state index contributed by atoms with van der Waals surface area (Å²) in [5, 5.41) is 17.9. The van der Waals surface area contributed by atoms with Crippen molar-refractivity contribution < 1.29 is 23.4 Å². The highest BCUT2D eigenvalue weighted by atomic mass is 32.2. The molecule has 3 N–H and O–H groups in total. The van der Waals surface area contributed by atoms with Gasteiger partial charge in [0.15, 0.2) is 0 Å². The lowest BCUT2D eigenvalue weighted by molar-refractivity contribution is -0.137. The number of aliphatic carboxylic acids is 1. The minimum atomic E-state index is -3.46. The Morgan fingerprint density at radius 2 is 2.06 bits per heavy atom. The van der Waals surface area contributed by atoms with Crippen LogP contribution in [0.4, 0.5) is 0 Å². The molecule has 0 spiro atoms. The van der Waals surface area contributed by atoms with E-state index in [1.165, 1.54) is 0 Å². The first-order valence-corrected chi connectivity index (χ1v) is 7.20. The fraction of sp³-hybridized carbons (Fsp3) is 0.900. The maximum atomic E-state index is 11.6. The molecular formula is C10H19NO5S. The van der Waals surface area contributed by atoms with Gasteiger partial charge in [-0.15, -0.1) is 0 Å². The van der Waals surface area contributed by atoms with Crippen molar-refractivity contribution in [1.29, 1.82) is 0 Å². The summed E-state index contributed by atoms with van der Waals surface area (Å²) in [7, 11) is -3.46. The Kier molecular flexibility index (Phi) is 4.16. The average molecular weight is 265 g/mol. The molecule has 1 saturated carbocycles. The van der Waals surface area contributed by atoms with Crippen LogP contribution in [0.5, 0.6) is 0 Å². The second-order valence-corrected chi connectivity index (χ2v) is 6.93. The van der Waals surface area contributed by atoms with Gasteiger partial charge in [-0.1, -0.05) is 13.8 Å². The zero-order chi connectivity index (χ0) is 13.3. The van der Waals surface area contributed by atoms with Gasteiger partial charge in [-0.3, -0.25) is 4.79 Å². The normalized spacial score (nSPS) is 27.5. The van der Waals surface area contributed by atoms with E-state index in [1.807, 2.05) is 0 Å². The van der Waals surface area contributed by atoms with Crippen molar-refractivity contribution in [3.8, 4) is 0 Å². The van der Waals surface area contributed by atoms with E-state index in [9.17, 15) is 18.3 Å². The Balaban J connectivity index is 2.43. The van der Waals surface area contributed by atoms with Crippen LogP contribution >= 0.6 is 0 Å². The first-order chi connectivity index (χ1) is 7.65. The van der Waals surface area contributed by atoms with Crippen LogP contribution in [0.1, 0.15) is 33.1 Å². The quantitative estimate of drug-likeness (QED) is 0.623. The Hall–Kier alpha value is -0.660. The molecule has 100 valence electrons. The summed E-state index contributed by atoms with van der Waals surface area (Å²) in [6.45, 7) is 3.59. The number of carboxylic acids is 1. The number of hydrogen-bond donors (Lipinski definition) is 3. The molecule has 1 rings (SSSR count). The van der Waals surface area contributed by atoms with Crippen molar-refractivity contribution in [2.24, 2.45) is 5.41 Å². The highest BCUT2D eigenvalue weighted by Gasteiger charge is 2.48. The van der Waals surface area contributed by atoms with Crippen molar-refractivity contribution in [2.75, 3.05) is 5.75 Å². The van der Waals surface area contributed by atoms with Gasteiger partial charge in [0.05, 0.1) is 11.9 Å². The molecule has 17 heavy (non-hydrogen) atoms. The van der Waals surface area contributed by atoms with Crippen LogP contribution < -0.4 is 4.72 Å². The lowest BCUT2D eigenvalue weighted by Crippen LogP contribution is -2.61. The van der Waals surface area contributed by atoms with Gasteiger partial charge >= 0.3 is 5.97 Å². The van der Waals surface area contributed by atoms with E-state index in [1.54, 1.807) is 13.8 Å². The van der Waals surface area contributed by atoms with Crippen molar-refractivity contribution in [3.05, 3.63) is 0 Å². The molecule has 2 atom stereocenters.